The van der Waals surface area contributed by atoms with E-state index < -0.39 is 0 Å². The summed E-state index contributed by atoms with van der Waals surface area (Å²) >= 11 is 0. The molecule has 1 aromatic rings. The van der Waals surface area contributed by atoms with E-state index in [-0.39, 0.29) is 0 Å². The monoisotopic (exact) mass is 230 g/mol. The molecular weight excluding hydrogens is 208 g/mol. The quantitative estimate of drug-likeness (QED) is 0.860. The van der Waals surface area contributed by atoms with Crippen molar-refractivity contribution in [2.45, 2.75) is 32.1 Å². The minimum absolute atomic E-state index is 0.758. The van der Waals surface area contributed by atoms with Crippen LogP contribution in [0, 0.1) is 5.92 Å². The lowest BCUT2D eigenvalue weighted by Crippen LogP contribution is -2.31. The first-order chi connectivity index (χ1) is 8.38. The Kier molecular flexibility index (Phi) is 3.06. The Labute approximate surface area is 104 Å². The highest BCUT2D eigenvalue weighted by Gasteiger charge is 2.26. The molecule has 0 saturated heterocycles. The Morgan fingerprint density at radius 1 is 1.29 bits per heavy atom. The van der Waals surface area contributed by atoms with Crippen molar-refractivity contribution in [3.63, 3.8) is 0 Å². The van der Waals surface area contributed by atoms with E-state index in [1.165, 1.54) is 55.6 Å². The van der Waals surface area contributed by atoms with Crippen LogP contribution >= 0.6 is 0 Å². The number of benzene rings is 1. The molecular formula is C15H22N2. The lowest BCUT2D eigenvalue weighted by atomic mass is 9.85. The number of hydrogen-bond acceptors (Lipinski definition) is 2. The summed E-state index contributed by atoms with van der Waals surface area (Å²) in [7, 11) is 0. The van der Waals surface area contributed by atoms with Crippen molar-refractivity contribution in [3.8, 4) is 0 Å². The molecule has 0 spiro atoms. The van der Waals surface area contributed by atoms with Gasteiger partial charge in [-0.3, -0.25) is 0 Å². The average Bonchev–Trinajstić information content (AvgIpc) is 2.68. The summed E-state index contributed by atoms with van der Waals surface area (Å²) in [6.45, 7) is 3.25. The Morgan fingerprint density at radius 3 is 2.88 bits per heavy atom. The summed E-state index contributed by atoms with van der Waals surface area (Å²) in [6, 6.07) is 6.73. The lowest BCUT2D eigenvalue weighted by Gasteiger charge is -2.32. The van der Waals surface area contributed by atoms with E-state index in [9.17, 15) is 0 Å². The normalized spacial score (nSPS) is 19.2. The summed E-state index contributed by atoms with van der Waals surface area (Å²) in [5.41, 5.74) is 10.2. The molecule has 1 saturated carbocycles. The van der Waals surface area contributed by atoms with Gasteiger partial charge in [-0.1, -0.05) is 24.6 Å². The molecule has 1 aromatic carbocycles. The van der Waals surface area contributed by atoms with Gasteiger partial charge in [-0.2, -0.15) is 0 Å². The van der Waals surface area contributed by atoms with Gasteiger partial charge in [0.25, 0.3) is 0 Å². The summed E-state index contributed by atoms with van der Waals surface area (Å²) in [4.78, 5) is 2.62. The molecule has 3 rings (SSSR count). The minimum Gasteiger partial charge on any atom is -0.370 e. The molecule has 0 aromatic heterocycles. The van der Waals surface area contributed by atoms with Gasteiger partial charge in [-0.15, -0.1) is 0 Å². The van der Waals surface area contributed by atoms with Crippen LogP contribution in [0.15, 0.2) is 18.2 Å². The molecule has 2 heteroatoms. The van der Waals surface area contributed by atoms with E-state index in [0.29, 0.717) is 0 Å². The number of para-hydroxylation sites is 1. The van der Waals surface area contributed by atoms with Crippen molar-refractivity contribution in [3.05, 3.63) is 29.3 Å². The molecule has 2 aliphatic rings. The standard InChI is InChI=1S/C15H22N2/c16-9-7-13-5-2-6-14-8-10-17(15(13)14)11-12-3-1-4-12/h2,5-6,12H,1,3-4,7-11,16H2. The zero-order chi connectivity index (χ0) is 11.7. The Hall–Kier alpha value is -1.02. The van der Waals surface area contributed by atoms with Crippen LogP contribution in [0.3, 0.4) is 0 Å². The molecule has 0 amide bonds. The van der Waals surface area contributed by atoms with Crippen LogP contribution in [0.4, 0.5) is 5.69 Å². The highest BCUT2D eigenvalue weighted by molar-refractivity contribution is 5.63. The number of anilines is 1. The summed E-state index contributed by atoms with van der Waals surface area (Å²) in [5, 5.41) is 0. The number of rotatable bonds is 4. The van der Waals surface area contributed by atoms with E-state index in [2.05, 4.69) is 23.1 Å². The van der Waals surface area contributed by atoms with Gasteiger partial charge in [0.2, 0.25) is 0 Å². The first-order valence-electron chi connectivity index (χ1n) is 6.94. The highest BCUT2D eigenvalue weighted by atomic mass is 15.2. The lowest BCUT2D eigenvalue weighted by molar-refractivity contribution is 0.319. The molecule has 1 fully saturated rings. The van der Waals surface area contributed by atoms with Gasteiger partial charge in [0.15, 0.2) is 0 Å². The zero-order valence-corrected chi connectivity index (χ0v) is 10.5. The molecule has 1 aliphatic carbocycles. The topological polar surface area (TPSA) is 29.3 Å². The van der Waals surface area contributed by atoms with Crippen molar-refractivity contribution in [2.24, 2.45) is 11.7 Å². The molecule has 1 aliphatic heterocycles. The summed E-state index contributed by atoms with van der Waals surface area (Å²) in [6.07, 6.45) is 6.55. The smallest absolute Gasteiger partial charge is 0.0432 e. The summed E-state index contributed by atoms with van der Waals surface area (Å²) in [5.74, 6) is 0.951. The van der Waals surface area contributed by atoms with Crippen LogP contribution in [0.2, 0.25) is 0 Å². The Morgan fingerprint density at radius 2 is 2.18 bits per heavy atom. The predicted octanol–water partition coefficient (Wildman–Crippen LogP) is 2.35. The second kappa shape index (κ2) is 4.69. The maximum atomic E-state index is 5.72. The van der Waals surface area contributed by atoms with Crippen molar-refractivity contribution < 1.29 is 0 Å². The third-order valence-electron chi connectivity index (χ3n) is 4.29. The van der Waals surface area contributed by atoms with Crippen molar-refractivity contribution in [1.29, 1.82) is 0 Å². The van der Waals surface area contributed by atoms with Crippen LogP contribution in [0.5, 0.6) is 0 Å². The van der Waals surface area contributed by atoms with Crippen molar-refractivity contribution >= 4 is 5.69 Å². The Balaban J connectivity index is 1.82. The Bertz CT molecular complexity index is 396. The SMILES string of the molecule is NCCc1cccc2c1N(CC1CCC1)CC2. The van der Waals surface area contributed by atoms with Crippen LogP contribution < -0.4 is 10.6 Å². The zero-order valence-electron chi connectivity index (χ0n) is 10.5. The van der Waals surface area contributed by atoms with Gasteiger partial charge in [-0.25, -0.2) is 0 Å². The summed E-state index contributed by atoms with van der Waals surface area (Å²) < 4.78 is 0. The minimum atomic E-state index is 0.758. The predicted molar refractivity (Wildman–Crippen MR) is 72.5 cm³/mol. The molecule has 2 nitrogen and oxygen atoms in total. The second-order valence-electron chi connectivity index (χ2n) is 5.46. The van der Waals surface area contributed by atoms with Crippen molar-refractivity contribution in [2.75, 3.05) is 24.5 Å². The second-order valence-corrected chi connectivity index (χ2v) is 5.46. The molecule has 0 radical (unpaired) electrons. The van der Waals surface area contributed by atoms with Crippen LogP contribution in [0.1, 0.15) is 30.4 Å². The maximum absolute atomic E-state index is 5.72. The maximum Gasteiger partial charge on any atom is 0.0432 e. The largest absolute Gasteiger partial charge is 0.370 e. The van der Waals surface area contributed by atoms with Gasteiger partial charge >= 0.3 is 0 Å². The molecule has 1 heterocycles. The third kappa shape index (κ3) is 2.06. The molecule has 92 valence electrons. The fraction of sp³-hybridized carbons (Fsp3) is 0.600. The van der Waals surface area contributed by atoms with Crippen LogP contribution in [0.25, 0.3) is 0 Å². The first kappa shape index (κ1) is 11.1. The number of hydrogen-bond donors (Lipinski definition) is 1. The van der Waals surface area contributed by atoms with E-state index in [1.807, 2.05) is 0 Å². The van der Waals surface area contributed by atoms with E-state index in [0.717, 1.165) is 18.9 Å². The fourth-order valence-corrected chi connectivity index (χ4v) is 3.15. The van der Waals surface area contributed by atoms with Gasteiger partial charge < -0.3 is 10.6 Å². The van der Waals surface area contributed by atoms with Crippen molar-refractivity contribution in [1.82, 2.24) is 0 Å². The highest BCUT2D eigenvalue weighted by Crippen LogP contribution is 2.35. The molecule has 0 bridgehead atoms. The number of nitrogens with two attached hydrogens (primary N) is 1. The van der Waals surface area contributed by atoms with Crippen LogP contribution in [-0.2, 0) is 12.8 Å². The van der Waals surface area contributed by atoms with E-state index in [4.69, 9.17) is 5.73 Å². The van der Waals surface area contributed by atoms with Gasteiger partial charge in [0.05, 0.1) is 0 Å². The van der Waals surface area contributed by atoms with E-state index >= 15 is 0 Å². The van der Waals surface area contributed by atoms with E-state index in [1.54, 1.807) is 0 Å². The average molecular weight is 230 g/mol. The molecule has 0 atom stereocenters. The first-order valence-corrected chi connectivity index (χ1v) is 6.94. The fourth-order valence-electron chi connectivity index (χ4n) is 3.15. The molecule has 17 heavy (non-hydrogen) atoms. The number of nitrogens with zero attached hydrogens (tertiary/aromatic N) is 1. The third-order valence-corrected chi connectivity index (χ3v) is 4.29. The molecule has 2 N–H and O–H groups in total. The van der Waals surface area contributed by atoms with Gasteiger partial charge in [-0.05, 0) is 49.3 Å². The molecule has 0 unspecified atom stereocenters. The number of fused-ring (bicyclic) bond motifs is 1. The van der Waals surface area contributed by atoms with Crippen LogP contribution in [-0.4, -0.2) is 19.6 Å². The van der Waals surface area contributed by atoms with Gasteiger partial charge in [0, 0.05) is 18.8 Å². The van der Waals surface area contributed by atoms with Gasteiger partial charge in [0.1, 0.15) is 0 Å².